The van der Waals surface area contributed by atoms with Crippen LogP contribution in [-0.4, -0.2) is 16.1 Å². The topological polar surface area (TPSA) is 77.2 Å². The molecular weight excluding hydrogens is 422 g/mol. The Morgan fingerprint density at radius 3 is 2.80 bits per heavy atom. The van der Waals surface area contributed by atoms with Gasteiger partial charge < -0.3 is 14.5 Å². The van der Waals surface area contributed by atoms with E-state index in [1.165, 1.54) is 6.08 Å². The van der Waals surface area contributed by atoms with Gasteiger partial charge in [0.15, 0.2) is 6.61 Å². The lowest BCUT2D eigenvalue weighted by Crippen LogP contribution is -2.07. The highest BCUT2D eigenvalue weighted by Gasteiger charge is 2.09. The van der Waals surface area contributed by atoms with Crippen molar-refractivity contribution in [2.75, 3.05) is 5.32 Å². The van der Waals surface area contributed by atoms with E-state index in [1.807, 2.05) is 17.5 Å². The molecule has 0 aliphatic rings. The van der Waals surface area contributed by atoms with Gasteiger partial charge in [-0.3, -0.25) is 4.79 Å². The van der Waals surface area contributed by atoms with Crippen LogP contribution in [0.2, 0.25) is 5.02 Å². The Morgan fingerprint density at radius 2 is 2.00 bits per heavy atom. The van der Waals surface area contributed by atoms with Gasteiger partial charge in [0.1, 0.15) is 5.75 Å². The number of rotatable bonds is 7. The summed E-state index contributed by atoms with van der Waals surface area (Å²) < 4.78 is 11.3. The first-order valence-corrected chi connectivity index (χ1v) is 10.3. The third kappa shape index (κ3) is 5.34. The van der Waals surface area contributed by atoms with E-state index in [0.717, 1.165) is 10.4 Å². The minimum Gasteiger partial charge on any atom is -0.484 e. The maximum Gasteiger partial charge on any atom is 0.254 e. The SMILES string of the molecule is O=C(C=Cc1cccs1)Nc1cccc(OCc2nnc(-c3ccc(Cl)cc3)o2)c1. The number of hydrogen-bond acceptors (Lipinski definition) is 6. The maximum absolute atomic E-state index is 12.1. The predicted octanol–water partition coefficient (Wildman–Crippen LogP) is 5.68. The van der Waals surface area contributed by atoms with Crippen LogP contribution in [-0.2, 0) is 11.4 Å². The summed E-state index contributed by atoms with van der Waals surface area (Å²) in [5.74, 6) is 1.09. The molecule has 1 amide bonds. The molecule has 0 aliphatic heterocycles. The minimum absolute atomic E-state index is 0.107. The molecule has 0 spiro atoms. The standard InChI is InChI=1S/C22H16ClN3O3S/c23-16-8-6-15(7-9-16)22-26-25-21(29-22)14-28-18-4-1-3-17(13-18)24-20(27)11-10-19-5-2-12-30-19/h1-13H,14H2,(H,24,27). The van der Waals surface area contributed by atoms with Crippen molar-refractivity contribution in [3.8, 4) is 17.2 Å². The molecule has 0 bridgehead atoms. The fraction of sp³-hybridized carbons (Fsp3) is 0.0455. The Kier molecular flexibility index (Phi) is 6.22. The molecular formula is C22H16ClN3O3S. The Bertz CT molecular complexity index is 1150. The fourth-order valence-electron chi connectivity index (χ4n) is 2.56. The molecule has 30 heavy (non-hydrogen) atoms. The first-order chi connectivity index (χ1) is 14.7. The molecule has 6 nitrogen and oxygen atoms in total. The van der Waals surface area contributed by atoms with Crippen molar-refractivity contribution in [1.29, 1.82) is 0 Å². The average molecular weight is 438 g/mol. The summed E-state index contributed by atoms with van der Waals surface area (Å²) in [7, 11) is 0. The van der Waals surface area contributed by atoms with Crippen molar-refractivity contribution in [3.63, 3.8) is 0 Å². The smallest absolute Gasteiger partial charge is 0.254 e. The predicted molar refractivity (Wildman–Crippen MR) is 118 cm³/mol. The van der Waals surface area contributed by atoms with Crippen LogP contribution in [0.3, 0.4) is 0 Å². The van der Waals surface area contributed by atoms with E-state index in [0.29, 0.717) is 28.2 Å². The van der Waals surface area contributed by atoms with Crippen molar-refractivity contribution < 1.29 is 13.9 Å². The third-order valence-corrected chi connectivity index (χ3v) is 5.05. The number of benzene rings is 2. The summed E-state index contributed by atoms with van der Waals surface area (Å²) in [5.41, 5.74) is 1.40. The Labute approximate surface area is 181 Å². The minimum atomic E-state index is -0.218. The molecule has 4 rings (SSSR count). The van der Waals surface area contributed by atoms with Gasteiger partial charge in [-0.05, 0) is 53.9 Å². The Morgan fingerprint density at radius 1 is 1.13 bits per heavy atom. The van der Waals surface area contributed by atoms with E-state index >= 15 is 0 Å². The number of hydrogen-bond donors (Lipinski definition) is 1. The van der Waals surface area contributed by atoms with Gasteiger partial charge in [-0.15, -0.1) is 21.5 Å². The quantitative estimate of drug-likeness (QED) is 0.376. The molecule has 2 aromatic carbocycles. The highest BCUT2D eigenvalue weighted by molar-refractivity contribution is 7.10. The lowest BCUT2D eigenvalue weighted by molar-refractivity contribution is -0.111. The highest BCUT2D eigenvalue weighted by atomic mass is 35.5. The Balaban J connectivity index is 1.34. The summed E-state index contributed by atoms with van der Waals surface area (Å²) in [4.78, 5) is 13.1. The first kappa shape index (κ1) is 19.9. The molecule has 150 valence electrons. The number of aromatic nitrogens is 2. The van der Waals surface area contributed by atoms with Gasteiger partial charge >= 0.3 is 0 Å². The molecule has 0 radical (unpaired) electrons. The number of thiophene rings is 1. The van der Waals surface area contributed by atoms with Gasteiger partial charge in [0.25, 0.3) is 5.89 Å². The number of nitrogens with zero attached hydrogens (tertiary/aromatic N) is 2. The summed E-state index contributed by atoms with van der Waals surface area (Å²) >= 11 is 7.46. The lowest BCUT2D eigenvalue weighted by atomic mass is 10.2. The zero-order chi connectivity index (χ0) is 20.8. The monoisotopic (exact) mass is 437 g/mol. The van der Waals surface area contributed by atoms with E-state index < -0.39 is 0 Å². The number of carbonyl (C=O) groups excluding carboxylic acids is 1. The molecule has 1 N–H and O–H groups in total. The van der Waals surface area contributed by atoms with Crippen molar-refractivity contribution in [2.24, 2.45) is 0 Å². The van der Waals surface area contributed by atoms with Crippen molar-refractivity contribution in [2.45, 2.75) is 6.61 Å². The number of amides is 1. The molecule has 0 atom stereocenters. The number of halogens is 1. The van der Waals surface area contributed by atoms with Crippen molar-refractivity contribution in [1.82, 2.24) is 10.2 Å². The Hall–Kier alpha value is -3.42. The van der Waals surface area contributed by atoms with E-state index in [4.69, 9.17) is 20.8 Å². The second-order valence-corrected chi connectivity index (χ2v) is 7.58. The van der Waals surface area contributed by atoms with Gasteiger partial charge in [-0.25, -0.2) is 0 Å². The van der Waals surface area contributed by atoms with Gasteiger partial charge in [0.05, 0.1) is 0 Å². The normalized spacial score (nSPS) is 11.0. The first-order valence-electron chi connectivity index (χ1n) is 8.99. The van der Waals surface area contributed by atoms with Gasteiger partial charge in [-0.1, -0.05) is 23.7 Å². The zero-order valence-corrected chi connectivity index (χ0v) is 17.2. The van der Waals surface area contributed by atoms with E-state index in [2.05, 4.69) is 15.5 Å². The molecule has 2 heterocycles. The summed E-state index contributed by atoms with van der Waals surface area (Å²) in [5, 5.41) is 13.4. The second kappa shape index (κ2) is 9.39. The van der Waals surface area contributed by atoms with E-state index in [9.17, 15) is 4.79 Å². The molecule has 0 aliphatic carbocycles. The van der Waals surface area contributed by atoms with Crippen LogP contribution in [0.5, 0.6) is 5.75 Å². The summed E-state index contributed by atoms with van der Waals surface area (Å²) in [6, 6.07) is 18.1. The molecule has 8 heteroatoms. The van der Waals surface area contributed by atoms with E-state index in [1.54, 1.807) is 65.9 Å². The van der Waals surface area contributed by atoms with Crippen LogP contribution in [0.1, 0.15) is 10.8 Å². The fourth-order valence-corrected chi connectivity index (χ4v) is 3.30. The maximum atomic E-state index is 12.1. The van der Waals surface area contributed by atoms with Gasteiger partial charge in [0, 0.05) is 33.3 Å². The summed E-state index contributed by atoms with van der Waals surface area (Å²) in [6.07, 6.45) is 3.27. The molecule has 0 saturated heterocycles. The molecule has 0 saturated carbocycles. The molecule has 4 aromatic rings. The van der Waals surface area contributed by atoms with Gasteiger partial charge in [0.2, 0.25) is 11.8 Å². The third-order valence-electron chi connectivity index (χ3n) is 3.96. The molecule has 2 aromatic heterocycles. The van der Waals surface area contributed by atoms with Crippen molar-refractivity contribution in [3.05, 3.63) is 87.9 Å². The number of nitrogens with one attached hydrogen (secondary N) is 1. The highest BCUT2D eigenvalue weighted by Crippen LogP contribution is 2.22. The van der Waals surface area contributed by atoms with Gasteiger partial charge in [-0.2, -0.15) is 0 Å². The van der Waals surface area contributed by atoms with Crippen LogP contribution in [0, 0.1) is 0 Å². The van der Waals surface area contributed by atoms with Crippen LogP contribution < -0.4 is 10.1 Å². The largest absolute Gasteiger partial charge is 0.484 e. The molecule has 0 fully saturated rings. The van der Waals surface area contributed by atoms with Crippen molar-refractivity contribution >= 4 is 40.6 Å². The number of carbonyl (C=O) groups is 1. The van der Waals surface area contributed by atoms with E-state index in [-0.39, 0.29) is 12.5 Å². The lowest BCUT2D eigenvalue weighted by Gasteiger charge is -2.06. The average Bonchev–Trinajstić information content (AvgIpc) is 3.44. The zero-order valence-electron chi connectivity index (χ0n) is 15.6. The number of ether oxygens (including phenoxy) is 1. The van der Waals surface area contributed by atoms with Crippen LogP contribution in [0.15, 0.2) is 76.5 Å². The van der Waals surface area contributed by atoms with Crippen LogP contribution in [0.4, 0.5) is 5.69 Å². The second-order valence-electron chi connectivity index (χ2n) is 6.16. The van der Waals surface area contributed by atoms with Crippen LogP contribution in [0.25, 0.3) is 17.5 Å². The number of anilines is 1. The van der Waals surface area contributed by atoms with Crippen LogP contribution >= 0.6 is 22.9 Å². The summed E-state index contributed by atoms with van der Waals surface area (Å²) in [6.45, 7) is 0.107. The molecule has 0 unspecified atom stereocenters.